The number of thiazole rings is 1. The first-order valence-electron chi connectivity index (χ1n) is 12.9. The molecule has 3 amide bonds. The number of H-pyrrole nitrogens is 1. The highest BCUT2D eigenvalue weighted by Crippen LogP contribution is 2.38. The average molecular weight is 532 g/mol. The van der Waals surface area contributed by atoms with Crippen molar-refractivity contribution in [3.8, 4) is 0 Å². The smallest absolute Gasteiger partial charge is 0.313 e. The third-order valence-electron chi connectivity index (χ3n) is 7.71. The van der Waals surface area contributed by atoms with Gasteiger partial charge >= 0.3 is 11.8 Å². The first-order chi connectivity index (χ1) is 18.4. The number of carbonyl (C=O) groups excluding carboxylic acids is 3. The molecule has 4 aromatic rings. The van der Waals surface area contributed by atoms with E-state index in [1.165, 1.54) is 6.20 Å². The van der Waals surface area contributed by atoms with Gasteiger partial charge in [0.25, 0.3) is 0 Å². The molecule has 2 fully saturated rings. The molecular weight excluding hydrogens is 502 g/mol. The van der Waals surface area contributed by atoms with Gasteiger partial charge in [-0.25, -0.2) is 4.98 Å². The number of amides is 3. The van der Waals surface area contributed by atoms with E-state index < -0.39 is 11.8 Å². The highest BCUT2D eigenvalue weighted by molar-refractivity contribution is 7.18. The molecule has 196 valence electrons. The van der Waals surface area contributed by atoms with Gasteiger partial charge in [-0.2, -0.15) is 5.10 Å². The minimum Gasteiger partial charge on any atom is -0.346 e. The Hall–Kier alpha value is -3.86. The molecule has 10 nitrogen and oxygen atoms in total. The summed E-state index contributed by atoms with van der Waals surface area (Å²) in [6.45, 7) is 3.35. The van der Waals surface area contributed by atoms with Gasteiger partial charge in [0, 0.05) is 37.9 Å². The highest BCUT2D eigenvalue weighted by atomic mass is 32.1. The van der Waals surface area contributed by atoms with Crippen molar-refractivity contribution in [1.29, 1.82) is 0 Å². The maximum Gasteiger partial charge on any atom is 0.313 e. The third-order valence-corrected chi connectivity index (χ3v) is 8.91. The number of rotatable bonds is 3. The van der Waals surface area contributed by atoms with Crippen LogP contribution in [0.15, 0.2) is 36.8 Å². The summed E-state index contributed by atoms with van der Waals surface area (Å²) in [6, 6.07) is 5.92. The largest absolute Gasteiger partial charge is 0.346 e. The lowest BCUT2D eigenvalue weighted by atomic mass is 9.89. The Morgan fingerprint density at radius 2 is 2.03 bits per heavy atom. The first kappa shape index (κ1) is 24.5. The van der Waals surface area contributed by atoms with Crippen molar-refractivity contribution in [3.05, 3.63) is 47.4 Å². The van der Waals surface area contributed by atoms with E-state index in [0.29, 0.717) is 35.5 Å². The van der Waals surface area contributed by atoms with Crippen LogP contribution in [0.25, 0.3) is 21.1 Å². The zero-order valence-corrected chi connectivity index (χ0v) is 22.1. The number of aromatic amines is 1. The number of fused-ring (bicyclic) bond motifs is 2. The molecule has 2 aliphatic heterocycles. The van der Waals surface area contributed by atoms with Crippen LogP contribution < -0.4 is 5.32 Å². The van der Waals surface area contributed by atoms with E-state index >= 15 is 0 Å². The molecule has 0 unspecified atom stereocenters. The Morgan fingerprint density at radius 1 is 1.16 bits per heavy atom. The van der Waals surface area contributed by atoms with Crippen molar-refractivity contribution in [2.45, 2.75) is 44.6 Å². The molecule has 0 bridgehead atoms. The van der Waals surface area contributed by atoms with Crippen molar-refractivity contribution in [1.82, 2.24) is 30.0 Å². The van der Waals surface area contributed by atoms with Crippen molar-refractivity contribution < 1.29 is 14.4 Å². The molecule has 1 aromatic carbocycles. The summed E-state index contributed by atoms with van der Waals surface area (Å²) in [4.78, 5) is 51.3. The van der Waals surface area contributed by atoms with Gasteiger partial charge in [0.05, 0.1) is 51.1 Å². The summed E-state index contributed by atoms with van der Waals surface area (Å²) < 4.78 is 1.07. The van der Waals surface area contributed by atoms with Crippen molar-refractivity contribution >= 4 is 55.9 Å². The molecule has 0 saturated carbocycles. The van der Waals surface area contributed by atoms with E-state index in [2.05, 4.69) is 33.5 Å². The molecule has 3 atom stereocenters. The Labute approximate surface area is 223 Å². The van der Waals surface area contributed by atoms with Gasteiger partial charge in [-0.3, -0.25) is 24.5 Å². The number of nitrogens with zero attached hydrogens (tertiary/aromatic N) is 5. The Balaban J connectivity index is 1.24. The SMILES string of the molecule is C[C@H]1CC[C@H](c2ccc3sc([C@@H]4CCN(C)C(=O)C4)nc3c2)N(C(=O)C(=O)Nc2cncc3[nH]ncc23)C1. The van der Waals surface area contributed by atoms with Crippen molar-refractivity contribution in [2.24, 2.45) is 5.92 Å². The second kappa shape index (κ2) is 9.79. The monoisotopic (exact) mass is 531 g/mol. The van der Waals surface area contributed by atoms with E-state index in [9.17, 15) is 14.4 Å². The number of likely N-dealkylation sites (tertiary alicyclic amines) is 2. The minimum atomic E-state index is -0.691. The lowest BCUT2D eigenvalue weighted by Crippen LogP contribution is -2.46. The molecule has 38 heavy (non-hydrogen) atoms. The maximum absolute atomic E-state index is 13.5. The van der Waals surface area contributed by atoms with E-state index in [1.54, 1.807) is 33.5 Å². The fourth-order valence-corrected chi connectivity index (χ4v) is 6.57. The highest BCUT2D eigenvalue weighted by Gasteiger charge is 2.35. The minimum absolute atomic E-state index is 0.144. The lowest BCUT2D eigenvalue weighted by Gasteiger charge is -2.38. The molecule has 0 radical (unpaired) electrons. The molecule has 2 saturated heterocycles. The number of hydrogen-bond acceptors (Lipinski definition) is 7. The summed E-state index contributed by atoms with van der Waals surface area (Å²) in [6.07, 6.45) is 7.87. The number of nitrogens with one attached hydrogen (secondary N) is 2. The second-order valence-electron chi connectivity index (χ2n) is 10.4. The van der Waals surface area contributed by atoms with Crippen LogP contribution in [0.1, 0.15) is 55.1 Å². The predicted molar refractivity (Wildman–Crippen MR) is 145 cm³/mol. The molecule has 11 heteroatoms. The van der Waals surface area contributed by atoms with Gasteiger partial charge in [-0.1, -0.05) is 13.0 Å². The van der Waals surface area contributed by atoms with Gasteiger partial charge in [-0.15, -0.1) is 11.3 Å². The molecule has 2 N–H and O–H groups in total. The van der Waals surface area contributed by atoms with Crippen molar-refractivity contribution in [2.75, 3.05) is 25.5 Å². The Kier molecular flexibility index (Phi) is 6.30. The summed E-state index contributed by atoms with van der Waals surface area (Å²) in [5.74, 6) is -0.663. The number of pyridine rings is 1. The van der Waals surface area contributed by atoms with E-state index in [4.69, 9.17) is 4.98 Å². The number of carbonyl (C=O) groups is 3. The standard InChI is InChI=1S/C27H29N7O3S/c1-15-3-5-22(34(14-15)27(37)25(36)30-20-12-28-13-21-18(20)11-29-32-21)16-4-6-23-19(9-16)31-26(38-23)17-7-8-33(2)24(35)10-17/h4,6,9,11-13,15,17,22H,3,5,7-8,10,14H2,1-2H3,(H,29,32)(H,30,36)/t15-,17+,22+/m0/s1. The lowest BCUT2D eigenvalue weighted by molar-refractivity contribution is -0.146. The first-order valence-corrected chi connectivity index (χ1v) is 13.7. The Bertz CT molecular complexity index is 1550. The van der Waals surface area contributed by atoms with Gasteiger partial charge < -0.3 is 15.1 Å². The molecule has 6 rings (SSSR count). The van der Waals surface area contributed by atoms with Gasteiger partial charge in [0.2, 0.25) is 5.91 Å². The summed E-state index contributed by atoms with van der Waals surface area (Å²) in [7, 11) is 1.84. The van der Waals surface area contributed by atoms with Crippen LogP contribution in [0, 0.1) is 5.92 Å². The Morgan fingerprint density at radius 3 is 2.87 bits per heavy atom. The summed E-state index contributed by atoms with van der Waals surface area (Å²) in [5.41, 5.74) is 2.97. The number of aromatic nitrogens is 4. The van der Waals surface area contributed by atoms with Crippen LogP contribution in [0.2, 0.25) is 0 Å². The normalized spacial score (nSPS) is 22.3. The second-order valence-corrected chi connectivity index (χ2v) is 11.5. The zero-order chi connectivity index (χ0) is 26.4. The fourth-order valence-electron chi connectivity index (χ4n) is 5.49. The molecule has 0 spiro atoms. The number of anilines is 1. The van der Waals surface area contributed by atoms with Crippen LogP contribution in [0.3, 0.4) is 0 Å². The number of hydrogen-bond donors (Lipinski definition) is 2. The van der Waals surface area contributed by atoms with E-state index in [1.807, 2.05) is 19.2 Å². The summed E-state index contributed by atoms with van der Waals surface area (Å²) >= 11 is 1.64. The molecule has 5 heterocycles. The number of piperidine rings is 2. The van der Waals surface area contributed by atoms with E-state index in [-0.39, 0.29) is 17.9 Å². The molecule has 3 aromatic heterocycles. The van der Waals surface area contributed by atoms with Crippen LogP contribution in [0.5, 0.6) is 0 Å². The van der Waals surface area contributed by atoms with Crippen LogP contribution in [0.4, 0.5) is 5.69 Å². The van der Waals surface area contributed by atoms with Crippen LogP contribution in [-0.2, 0) is 14.4 Å². The molecule has 0 aliphatic carbocycles. The number of benzene rings is 1. The van der Waals surface area contributed by atoms with Crippen molar-refractivity contribution in [3.63, 3.8) is 0 Å². The fraction of sp³-hybridized carbons (Fsp3) is 0.407. The van der Waals surface area contributed by atoms with E-state index in [0.717, 1.165) is 46.6 Å². The predicted octanol–water partition coefficient (Wildman–Crippen LogP) is 3.84. The quantitative estimate of drug-likeness (QED) is 0.387. The van der Waals surface area contributed by atoms with Gasteiger partial charge in [0.15, 0.2) is 0 Å². The maximum atomic E-state index is 13.5. The average Bonchev–Trinajstić information content (AvgIpc) is 3.57. The third kappa shape index (κ3) is 4.51. The molecule has 2 aliphatic rings. The topological polar surface area (TPSA) is 124 Å². The molecular formula is C27H29N7O3S. The van der Waals surface area contributed by atoms with Crippen LogP contribution >= 0.6 is 11.3 Å². The summed E-state index contributed by atoms with van der Waals surface area (Å²) in [5, 5.41) is 11.2. The van der Waals surface area contributed by atoms with Crippen LogP contribution in [-0.4, -0.2) is 67.8 Å². The van der Waals surface area contributed by atoms with Gasteiger partial charge in [0.1, 0.15) is 0 Å². The zero-order valence-electron chi connectivity index (χ0n) is 21.3. The van der Waals surface area contributed by atoms with Gasteiger partial charge in [-0.05, 0) is 42.9 Å².